The molecule has 1 amide bonds. The predicted molar refractivity (Wildman–Crippen MR) is 123 cm³/mol. The molecule has 1 N–H and O–H groups in total. The molecule has 0 fully saturated rings. The van der Waals surface area contributed by atoms with Gasteiger partial charge in [0.15, 0.2) is 0 Å². The molecule has 5 heteroatoms. The molecule has 148 valence electrons. The van der Waals surface area contributed by atoms with Crippen LogP contribution >= 0.6 is 22.9 Å². The summed E-state index contributed by atoms with van der Waals surface area (Å²) in [5.74, 6) is -0.0896. The lowest BCUT2D eigenvalue weighted by Crippen LogP contribution is -2.12. The topological polar surface area (TPSA) is 41.5 Å². The molecule has 0 unspecified atom stereocenters. The zero-order valence-electron chi connectivity index (χ0n) is 16.4. The van der Waals surface area contributed by atoms with Crippen molar-refractivity contribution < 1.29 is 4.79 Å². The summed E-state index contributed by atoms with van der Waals surface area (Å²) in [6.07, 6.45) is 4.19. The Morgan fingerprint density at radius 3 is 2.45 bits per heavy atom. The molecule has 3 aromatic rings. The Hall–Kier alpha value is -2.43. The molecule has 0 saturated carbocycles. The minimum Gasteiger partial charge on any atom is -0.316 e. The van der Waals surface area contributed by atoms with Crippen molar-refractivity contribution in [3.05, 3.63) is 86.8 Å². The smallest absolute Gasteiger partial charge is 0.246 e. The molecule has 2 heterocycles. The first-order chi connectivity index (χ1) is 14.1. The van der Waals surface area contributed by atoms with Gasteiger partial charge in [0.2, 0.25) is 5.91 Å². The fraction of sp³-hybridized carbons (Fsp3) is 0.250. The van der Waals surface area contributed by atoms with Crippen molar-refractivity contribution in [1.29, 1.82) is 0 Å². The molecule has 1 aliphatic rings. The molecule has 1 aliphatic heterocycles. The molecule has 0 spiro atoms. The van der Waals surface area contributed by atoms with E-state index in [1.54, 1.807) is 11.3 Å². The average molecular weight is 423 g/mol. The molecule has 3 nitrogen and oxygen atoms in total. The fourth-order valence-electron chi connectivity index (χ4n) is 3.55. The highest BCUT2D eigenvalue weighted by Crippen LogP contribution is 2.34. The van der Waals surface area contributed by atoms with E-state index in [1.807, 2.05) is 24.3 Å². The van der Waals surface area contributed by atoms with Gasteiger partial charge in [0, 0.05) is 21.0 Å². The molecule has 1 aromatic heterocycles. The largest absolute Gasteiger partial charge is 0.316 e. The van der Waals surface area contributed by atoms with E-state index in [4.69, 9.17) is 11.6 Å². The Labute approximate surface area is 180 Å². The van der Waals surface area contributed by atoms with Crippen molar-refractivity contribution in [3.8, 4) is 0 Å². The summed E-state index contributed by atoms with van der Waals surface area (Å²) in [4.78, 5) is 17.9. The third-order valence-corrected chi connectivity index (χ3v) is 6.46. The van der Waals surface area contributed by atoms with Crippen LogP contribution in [0.2, 0.25) is 5.02 Å². The van der Waals surface area contributed by atoms with E-state index in [9.17, 15) is 4.79 Å². The molecule has 0 atom stereocenters. The van der Waals surface area contributed by atoms with Crippen molar-refractivity contribution in [2.75, 3.05) is 11.9 Å². The summed E-state index contributed by atoms with van der Waals surface area (Å²) in [6.45, 7) is 2.31. The molecular formula is C24H23ClN2OS. The van der Waals surface area contributed by atoms with Crippen LogP contribution in [0.25, 0.3) is 0 Å². The van der Waals surface area contributed by atoms with E-state index in [2.05, 4.69) is 47.6 Å². The highest BCUT2D eigenvalue weighted by Gasteiger charge is 2.22. The van der Waals surface area contributed by atoms with Gasteiger partial charge in [-0.15, -0.1) is 11.3 Å². The number of halogens is 1. The number of hydrogen-bond acceptors (Lipinski definition) is 3. The Morgan fingerprint density at radius 2 is 1.72 bits per heavy atom. The van der Waals surface area contributed by atoms with Crippen LogP contribution in [0.5, 0.6) is 0 Å². The first-order valence-electron chi connectivity index (χ1n) is 9.94. The monoisotopic (exact) mass is 422 g/mol. The Balaban J connectivity index is 1.57. The third kappa shape index (κ3) is 4.60. The first kappa shape index (κ1) is 19.9. The maximum atomic E-state index is 12.1. The van der Waals surface area contributed by atoms with Crippen molar-refractivity contribution >= 4 is 39.6 Å². The van der Waals surface area contributed by atoms with Crippen LogP contribution in [0.15, 0.2) is 59.6 Å². The number of carbonyl (C=O) groups is 1. The minimum atomic E-state index is -0.0896. The van der Waals surface area contributed by atoms with Gasteiger partial charge in [-0.3, -0.25) is 9.79 Å². The lowest BCUT2D eigenvalue weighted by Gasteiger charge is -2.07. The Bertz CT molecular complexity index is 1050. The quantitative estimate of drug-likeness (QED) is 0.525. The number of aliphatic imine (C=N–C) groups is 1. The van der Waals surface area contributed by atoms with Crippen LogP contribution < -0.4 is 5.32 Å². The lowest BCUT2D eigenvalue weighted by atomic mass is 10.0. The summed E-state index contributed by atoms with van der Waals surface area (Å²) >= 11 is 8.05. The highest BCUT2D eigenvalue weighted by atomic mass is 35.5. The van der Waals surface area contributed by atoms with E-state index < -0.39 is 0 Å². The summed E-state index contributed by atoms with van der Waals surface area (Å²) in [5, 5.41) is 4.51. The van der Waals surface area contributed by atoms with Gasteiger partial charge in [0.05, 0.1) is 5.71 Å². The van der Waals surface area contributed by atoms with Crippen molar-refractivity contribution in [1.82, 2.24) is 0 Å². The number of hydrogen-bond donors (Lipinski definition) is 1. The van der Waals surface area contributed by atoms with Gasteiger partial charge in [-0.05, 0) is 42.5 Å². The highest BCUT2D eigenvalue weighted by molar-refractivity contribution is 7.16. The zero-order valence-corrected chi connectivity index (χ0v) is 17.9. The normalized spacial score (nSPS) is 13.4. The van der Waals surface area contributed by atoms with Crippen LogP contribution in [-0.4, -0.2) is 18.2 Å². The van der Waals surface area contributed by atoms with Gasteiger partial charge in [0.1, 0.15) is 11.5 Å². The van der Waals surface area contributed by atoms with E-state index in [0.717, 1.165) is 41.1 Å². The number of thiophene rings is 1. The van der Waals surface area contributed by atoms with Crippen LogP contribution in [-0.2, 0) is 24.1 Å². The molecule has 4 rings (SSSR count). The van der Waals surface area contributed by atoms with Crippen molar-refractivity contribution in [3.63, 3.8) is 0 Å². The molecule has 0 radical (unpaired) electrons. The van der Waals surface area contributed by atoms with Gasteiger partial charge in [0.25, 0.3) is 0 Å². The summed E-state index contributed by atoms with van der Waals surface area (Å²) < 4.78 is 0. The minimum absolute atomic E-state index is 0.0896. The molecule has 0 saturated heterocycles. The van der Waals surface area contributed by atoms with Crippen molar-refractivity contribution in [2.24, 2.45) is 4.99 Å². The number of nitrogens with one attached hydrogen (secondary N) is 1. The number of aryl methyl sites for hydroxylation is 3. The predicted octanol–water partition coefficient (Wildman–Crippen LogP) is 5.93. The van der Waals surface area contributed by atoms with E-state index >= 15 is 0 Å². The van der Waals surface area contributed by atoms with Gasteiger partial charge in [-0.25, -0.2) is 0 Å². The van der Waals surface area contributed by atoms with Crippen LogP contribution in [0.4, 0.5) is 5.00 Å². The summed E-state index contributed by atoms with van der Waals surface area (Å²) in [7, 11) is 0. The second-order valence-corrected chi connectivity index (χ2v) is 8.76. The second-order valence-electron chi connectivity index (χ2n) is 7.21. The Kier molecular flexibility index (Phi) is 6.12. The van der Waals surface area contributed by atoms with Crippen LogP contribution in [0, 0.1) is 0 Å². The molecule has 0 bridgehead atoms. The number of anilines is 1. The SMILES string of the molecule is CCCc1ccc(CCc2cc3c(s2)NC(=O)CN=C3c2ccccc2Cl)cc1. The van der Waals surface area contributed by atoms with E-state index in [1.165, 1.54) is 22.4 Å². The molecular weight excluding hydrogens is 400 g/mol. The maximum Gasteiger partial charge on any atom is 0.246 e. The number of carbonyl (C=O) groups excluding carboxylic acids is 1. The Morgan fingerprint density at radius 1 is 1.00 bits per heavy atom. The average Bonchev–Trinajstić information content (AvgIpc) is 3.04. The first-order valence-corrected chi connectivity index (χ1v) is 11.1. The maximum absolute atomic E-state index is 12.1. The van der Waals surface area contributed by atoms with Crippen LogP contribution in [0.3, 0.4) is 0 Å². The zero-order chi connectivity index (χ0) is 20.2. The van der Waals surface area contributed by atoms with E-state index in [0.29, 0.717) is 5.02 Å². The van der Waals surface area contributed by atoms with Gasteiger partial charge < -0.3 is 5.32 Å². The molecule has 2 aromatic carbocycles. The van der Waals surface area contributed by atoms with Crippen LogP contribution in [0.1, 0.15) is 40.5 Å². The standard InChI is InChI=1S/C24H23ClN2OS/c1-2-5-16-8-10-17(11-9-16)12-13-18-14-20-23(19-6-3-4-7-21(19)25)26-15-22(28)27-24(20)29-18/h3-4,6-11,14H,2,5,12-13,15H2,1H3,(H,27,28). The lowest BCUT2D eigenvalue weighted by molar-refractivity contribution is -0.114. The number of benzene rings is 2. The number of fused-ring (bicyclic) bond motifs is 1. The number of rotatable bonds is 6. The number of amides is 1. The third-order valence-electron chi connectivity index (χ3n) is 5.02. The number of nitrogens with zero attached hydrogens (tertiary/aromatic N) is 1. The summed E-state index contributed by atoms with van der Waals surface area (Å²) in [5.41, 5.74) is 5.33. The second kappa shape index (κ2) is 8.93. The summed E-state index contributed by atoms with van der Waals surface area (Å²) in [6, 6.07) is 18.7. The fourth-order valence-corrected chi connectivity index (χ4v) is 4.85. The molecule has 0 aliphatic carbocycles. The van der Waals surface area contributed by atoms with Gasteiger partial charge in [-0.2, -0.15) is 0 Å². The van der Waals surface area contributed by atoms with Gasteiger partial charge >= 0.3 is 0 Å². The van der Waals surface area contributed by atoms with Gasteiger partial charge in [-0.1, -0.05) is 67.4 Å². The molecule has 29 heavy (non-hydrogen) atoms. The van der Waals surface area contributed by atoms with E-state index in [-0.39, 0.29) is 12.5 Å². The van der Waals surface area contributed by atoms with Crippen molar-refractivity contribution in [2.45, 2.75) is 32.6 Å².